The van der Waals surface area contributed by atoms with Gasteiger partial charge in [0.1, 0.15) is 6.10 Å². The van der Waals surface area contributed by atoms with Crippen molar-refractivity contribution in [3.8, 4) is 0 Å². The van der Waals surface area contributed by atoms with Crippen molar-refractivity contribution in [3.05, 3.63) is 35.4 Å². The van der Waals surface area contributed by atoms with E-state index in [0.29, 0.717) is 6.61 Å². The molecule has 0 saturated heterocycles. The summed E-state index contributed by atoms with van der Waals surface area (Å²) in [7, 11) is 0. The summed E-state index contributed by atoms with van der Waals surface area (Å²) >= 11 is 0. The number of carbonyl (C=O) groups excluding carboxylic acids is 2. The first kappa shape index (κ1) is 22.2. The van der Waals surface area contributed by atoms with Gasteiger partial charge in [0, 0.05) is 0 Å². The van der Waals surface area contributed by atoms with Crippen molar-refractivity contribution in [2.45, 2.75) is 79.2 Å². The van der Waals surface area contributed by atoms with Crippen LogP contribution in [-0.2, 0) is 9.47 Å². The highest BCUT2D eigenvalue weighted by molar-refractivity contribution is 6.03. The molecule has 0 aromatic heterocycles. The van der Waals surface area contributed by atoms with E-state index in [1.807, 2.05) is 27.7 Å². The number of carbonyl (C=O) groups is 2. The molecule has 1 rings (SSSR count). The summed E-state index contributed by atoms with van der Waals surface area (Å²) in [5.41, 5.74) is 0.365. The van der Waals surface area contributed by atoms with E-state index in [0.717, 1.165) is 12.8 Å². The van der Waals surface area contributed by atoms with Crippen molar-refractivity contribution >= 4 is 11.9 Å². The second kappa shape index (κ2) is 11.0. The number of unbranched alkanes of at least 4 members (excludes halogenated alkanes) is 5. The summed E-state index contributed by atoms with van der Waals surface area (Å²) in [5.74, 6) is -0.950. The lowest BCUT2D eigenvalue weighted by Gasteiger charge is -2.27. The Labute approximate surface area is 158 Å². The van der Waals surface area contributed by atoms with Gasteiger partial charge >= 0.3 is 11.9 Å². The fourth-order valence-corrected chi connectivity index (χ4v) is 2.36. The molecule has 0 aliphatic heterocycles. The number of benzene rings is 1. The van der Waals surface area contributed by atoms with Crippen LogP contribution in [0, 0.1) is 5.41 Å². The van der Waals surface area contributed by atoms with Gasteiger partial charge in [-0.1, -0.05) is 71.9 Å². The van der Waals surface area contributed by atoms with E-state index in [9.17, 15) is 9.59 Å². The zero-order chi connectivity index (χ0) is 19.6. The Balaban J connectivity index is 2.59. The third-order valence-electron chi connectivity index (χ3n) is 4.60. The third-order valence-corrected chi connectivity index (χ3v) is 4.60. The van der Waals surface area contributed by atoms with Crippen LogP contribution in [0.5, 0.6) is 0 Å². The second-order valence-corrected chi connectivity index (χ2v) is 7.86. The normalized spacial score (nSPS) is 12.5. The van der Waals surface area contributed by atoms with Crippen LogP contribution in [0.15, 0.2) is 24.3 Å². The van der Waals surface area contributed by atoms with Gasteiger partial charge in [0.25, 0.3) is 0 Å². The molecular formula is C22H34O4. The molecule has 146 valence electrons. The molecule has 0 heterocycles. The molecule has 1 unspecified atom stereocenters. The summed E-state index contributed by atoms with van der Waals surface area (Å²) in [6.07, 6.45) is 6.51. The van der Waals surface area contributed by atoms with Crippen LogP contribution in [0.2, 0.25) is 0 Å². The standard InChI is InChI=1S/C22H34O4/c1-6-7-8-9-10-13-16-25-20(23)18-14-11-12-15-19(18)21(24)26-17(2)22(3,4)5/h11-12,14-15,17H,6-10,13,16H2,1-5H3. The van der Waals surface area contributed by atoms with Gasteiger partial charge < -0.3 is 9.47 Å². The van der Waals surface area contributed by atoms with Crippen molar-refractivity contribution in [1.82, 2.24) is 0 Å². The lowest BCUT2D eigenvalue weighted by Crippen LogP contribution is -2.29. The number of rotatable bonds is 10. The minimum atomic E-state index is -0.487. The molecular weight excluding hydrogens is 328 g/mol. The van der Waals surface area contributed by atoms with Crippen molar-refractivity contribution in [1.29, 1.82) is 0 Å². The zero-order valence-corrected chi connectivity index (χ0v) is 17.0. The summed E-state index contributed by atoms with van der Waals surface area (Å²) in [5, 5.41) is 0. The minimum absolute atomic E-state index is 0.164. The summed E-state index contributed by atoms with van der Waals surface area (Å²) < 4.78 is 10.9. The minimum Gasteiger partial charge on any atom is -0.462 e. The smallest absolute Gasteiger partial charge is 0.339 e. The Morgan fingerprint density at radius 1 is 0.923 bits per heavy atom. The molecule has 0 radical (unpaired) electrons. The maximum absolute atomic E-state index is 12.5. The van der Waals surface area contributed by atoms with E-state index >= 15 is 0 Å². The largest absolute Gasteiger partial charge is 0.462 e. The Hall–Kier alpha value is -1.84. The van der Waals surface area contributed by atoms with E-state index < -0.39 is 11.9 Å². The Bertz CT molecular complexity index is 572. The van der Waals surface area contributed by atoms with E-state index in [2.05, 4.69) is 6.92 Å². The molecule has 0 saturated carbocycles. The van der Waals surface area contributed by atoms with E-state index in [1.54, 1.807) is 24.3 Å². The number of esters is 2. The van der Waals surface area contributed by atoms with Crippen LogP contribution in [0.1, 0.15) is 93.9 Å². The van der Waals surface area contributed by atoms with Crippen molar-refractivity contribution in [2.75, 3.05) is 6.61 Å². The van der Waals surface area contributed by atoms with Gasteiger partial charge in [0.2, 0.25) is 0 Å². The first-order valence-electron chi connectivity index (χ1n) is 9.74. The van der Waals surface area contributed by atoms with Crippen molar-refractivity contribution in [2.24, 2.45) is 5.41 Å². The summed E-state index contributed by atoms with van der Waals surface area (Å²) in [4.78, 5) is 24.8. The fraction of sp³-hybridized carbons (Fsp3) is 0.636. The Morgan fingerprint density at radius 3 is 2.04 bits per heavy atom. The first-order chi connectivity index (χ1) is 12.3. The van der Waals surface area contributed by atoms with Gasteiger partial charge in [0.15, 0.2) is 0 Å². The predicted octanol–water partition coefficient (Wildman–Crippen LogP) is 5.80. The molecule has 1 atom stereocenters. The highest BCUT2D eigenvalue weighted by atomic mass is 16.5. The highest BCUT2D eigenvalue weighted by Crippen LogP contribution is 2.23. The topological polar surface area (TPSA) is 52.6 Å². The molecule has 1 aromatic carbocycles. The van der Waals surface area contributed by atoms with Gasteiger partial charge in [-0.3, -0.25) is 0 Å². The maximum Gasteiger partial charge on any atom is 0.339 e. The zero-order valence-electron chi connectivity index (χ0n) is 17.0. The van der Waals surface area contributed by atoms with Gasteiger partial charge in [-0.15, -0.1) is 0 Å². The van der Waals surface area contributed by atoms with E-state index in [4.69, 9.17) is 9.47 Å². The van der Waals surface area contributed by atoms with Crippen LogP contribution in [0.4, 0.5) is 0 Å². The van der Waals surface area contributed by atoms with Crippen LogP contribution in [0.25, 0.3) is 0 Å². The molecule has 0 bridgehead atoms. The predicted molar refractivity (Wildman–Crippen MR) is 104 cm³/mol. The first-order valence-corrected chi connectivity index (χ1v) is 9.74. The number of ether oxygens (including phenoxy) is 2. The molecule has 4 nitrogen and oxygen atoms in total. The highest BCUT2D eigenvalue weighted by Gasteiger charge is 2.26. The molecule has 26 heavy (non-hydrogen) atoms. The fourth-order valence-electron chi connectivity index (χ4n) is 2.36. The lowest BCUT2D eigenvalue weighted by molar-refractivity contribution is 0.00437. The average Bonchev–Trinajstić information content (AvgIpc) is 2.59. The van der Waals surface area contributed by atoms with E-state index in [1.165, 1.54) is 25.7 Å². The van der Waals surface area contributed by atoms with Gasteiger partial charge in [-0.2, -0.15) is 0 Å². The molecule has 0 amide bonds. The molecule has 1 aromatic rings. The van der Waals surface area contributed by atoms with E-state index in [-0.39, 0.29) is 22.6 Å². The van der Waals surface area contributed by atoms with Crippen molar-refractivity contribution < 1.29 is 19.1 Å². The second-order valence-electron chi connectivity index (χ2n) is 7.86. The lowest BCUT2D eigenvalue weighted by atomic mass is 9.90. The monoisotopic (exact) mass is 362 g/mol. The summed E-state index contributed by atoms with van der Waals surface area (Å²) in [6.45, 7) is 10.4. The van der Waals surface area contributed by atoms with Crippen LogP contribution < -0.4 is 0 Å². The SMILES string of the molecule is CCCCCCCCOC(=O)c1ccccc1C(=O)OC(C)C(C)(C)C. The quantitative estimate of drug-likeness (QED) is 0.390. The molecule has 0 aliphatic carbocycles. The van der Waals surface area contributed by atoms with Gasteiger partial charge in [0.05, 0.1) is 17.7 Å². The number of hydrogen-bond donors (Lipinski definition) is 0. The molecule has 4 heteroatoms. The number of hydrogen-bond acceptors (Lipinski definition) is 4. The van der Waals surface area contributed by atoms with Crippen LogP contribution >= 0.6 is 0 Å². The van der Waals surface area contributed by atoms with Gasteiger partial charge in [-0.05, 0) is 30.9 Å². The molecule has 0 N–H and O–H groups in total. The average molecular weight is 363 g/mol. The van der Waals surface area contributed by atoms with Crippen LogP contribution in [-0.4, -0.2) is 24.6 Å². The van der Waals surface area contributed by atoms with Crippen LogP contribution in [0.3, 0.4) is 0 Å². The maximum atomic E-state index is 12.5. The van der Waals surface area contributed by atoms with Crippen molar-refractivity contribution in [3.63, 3.8) is 0 Å². The molecule has 0 fully saturated rings. The molecule has 0 spiro atoms. The third kappa shape index (κ3) is 7.59. The summed E-state index contributed by atoms with van der Waals surface area (Å²) in [6, 6.07) is 6.68. The van der Waals surface area contributed by atoms with Gasteiger partial charge in [-0.25, -0.2) is 9.59 Å². The Morgan fingerprint density at radius 2 is 1.46 bits per heavy atom. The molecule has 0 aliphatic rings. The Kier molecular flexibility index (Phi) is 9.39.